The van der Waals surface area contributed by atoms with Crippen LogP contribution in [0.2, 0.25) is 0 Å². The van der Waals surface area contributed by atoms with E-state index in [4.69, 9.17) is 0 Å². The van der Waals surface area contributed by atoms with Gasteiger partial charge < -0.3 is 5.32 Å². The Morgan fingerprint density at radius 2 is 1.84 bits per heavy atom. The van der Waals surface area contributed by atoms with E-state index in [2.05, 4.69) is 26.3 Å². The van der Waals surface area contributed by atoms with Crippen molar-refractivity contribution in [2.24, 2.45) is 0 Å². The number of benzene rings is 2. The maximum Gasteiger partial charge on any atom is 0.264 e. The molecule has 0 radical (unpaired) electrons. The SMILES string of the molecule is CC1=C(CC(=O)NCc2ccccc2-n2cnnn2)C(=O)N(NCc2ccccc2)CC1. The minimum Gasteiger partial charge on any atom is -0.352 e. The molecule has 2 N–H and O–H groups in total. The molecule has 3 aromatic rings. The van der Waals surface area contributed by atoms with Crippen molar-refractivity contribution in [2.75, 3.05) is 6.54 Å². The molecule has 0 atom stereocenters. The Balaban J connectivity index is 1.36. The van der Waals surface area contributed by atoms with Crippen LogP contribution < -0.4 is 10.7 Å². The van der Waals surface area contributed by atoms with Crippen molar-refractivity contribution in [1.82, 2.24) is 36.0 Å². The van der Waals surface area contributed by atoms with Gasteiger partial charge in [-0.1, -0.05) is 54.1 Å². The van der Waals surface area contributed by atoms with Crippen molar-refractivity contribution >= 4 is 11.8 Å². The van der Waals surface area contributed by atoms with Gasteiger partial charge in [-0.3, -0.25) is 14.6 Å². The number of nitrogens with one attached hydrogen (secondary N) is 2. The van der Waals surface area contributed by atoms with Crippen molar-refractivity contribution < 1.29 is 9.59 Å². The Hall–Kier alpha value is -3.85. The predicted molar refractivity (Wildman–Crippen MR) is 118 cm³/mol. The van der Waals surface area contributed by atoms with Crippen molar-refractivity contribution in [2.45, 2.75) is 32.9 Å². The Labute approximate surface area is 186 Å². The highest BCUT2D eigenvalue weighted by Gasteiger charge is 2.26. The van der Waals surface area contributed by atoms with Gasteiger partial charge in [-0.25, -0.2) is 10.1 Å². The molecule has 0 unspecified atom stereocenters. The maximum absolute atomic E-state index is 13.0. The van der Waals surface area contributed by atoms with Gasteiger partial charge in [-0.2, -0.15) is 0 Å². The molecule has 2 aromatic carbocycles. The molecular weight excluding hydrogens is 406 g/mol. The third-order valence-corrected chi connectivity index (χ3v) is 5.45. The normalized spacial score (nSPS) is 14.0. The number of hydrogen-bond acceptors (Lipinski definition) is 6. The molecule has 32 heavy (non-hydrogen) atoms. The number of para-hydroxylation sites is 1. The van der Waals surface area contributed by atoms with Gasteiger partial charge in [0.2, 0.25) is 5.91 Å². The van der Waals surface area contributed by atoms with Gasteiger partial charge in [-0.05, 0) is 41.0 Å². The minimum absolute atomic E-state index is 0.0429. The fourth-order valence-corrected chi connectivity index (χ4v) is 3.61. The van der Waals surface area contributed by atoms with E-state index in [1.165, 1.54) is 6.33 Å². The van der Waals surface area contributed by atoms with Crippen molar-refractivity contribution in [1.29, 1.82) is 0 Å². The van der Waals surface area contributed by atoms with E-state index >= 15 is 0 Å². The lowest BCUT2D eigenvalue weighted by atomic mass is 9.98. The van der Waals surface area contributed by atoms with Crippen LogP contribution in [0.3, 0.4) is 0 Å². The Morgan fingerprint density at radius 3 is 2.62 bits per heavy atom. The highest BCUT2D eigenvalue weighted by atomic mass is 16.2. The summed E-state index contributed by atoms with van der Waals surface area (Å²) in [5.74, 6) is -0.349. The van der Waals surface area contributed by atoms with Crippen LogP contribution in [0, 0.1) is 0 Å². The van der Waals surface area contributed by atoms with Crippen LogP contribution in [0.4, 0.5) is 0 Å². The van der Waals surface area contributed by atoms with E-state index in [-0.39, 0.29) is 18.2 Å². The second-order valence-electron chi connectivity index (χ2n) is 7.62. The molecule has 2 amide bonds. The second kappa shape index (κ2) is 9.97. The highest BCUT2D eigenvalue weighted by Crippen LogP contribution is 2.21. The third kappa shape index (κ3) is 5.06. The zero-order chi connectivity index (χ0) is 22.3. The molecule has 1 aliphatic rings. The maximum atomic E-state index is 13.0. The molecule has 0 saturated carbocycles. The first kappa shape index (κ1) is 21.4. The smallest absolute Gasteiger partial charge is 0.264 e. The lowest BCUT2D eigenvalue weighted by molar-refractivity contribution is -0.132. The summed E-state index contributed by atoms with van der Waals surface area (Å²) in [5.41, 5.74) is 7.44. The zero-order valence-corrected chi connectivity index (χ0v) is 17.9. The summed E-state index contributed by atoms with van der Waals surface area (Å²) in [4.78, 5) is 25.7. The van der Waals surface area contributed by atoms with E-state index < -0.39 is 0 Å². The first-order valence-electron chi connectivity index (χ1n) is 10.5. The third-order valence-electron chi connectivity index (χ3n) is 5.45. The van der Waals surface area contributed by atoms with Crippen LogP contribution in [0.5, 0.6) is 0 Å². The summed E-state index contributed by atoms with van der Waals surface area (Å²) in [6.45, 7) is 3.37. The molecular formula is C23H25N7O2. The van der Waals surface area contributed by atoms with Crippen molar-refractivity contribution in [3.63, 3.8) is 0 Å². The van der Waals surface area contributed by atoms with Gasteiger partial charge in [0.1, 0.15) is 6.33 Å². The fourth-order valence-electron chi connectivity index (χ4n) is 3.61. The van der Waals surface area contributed by atoms with Crippen LogP contribution in [0.25, 0.3) is 5.69 Å². The number of carbonyl (C=O) groups excluding carboxylic acids is 2. The molecule has 4 rings (SSSR count). The summed E-state index contributed by atoms with van der Waals surface area (Å²) >= 11 is 0. The molecule has 164 valence electrons. The van der Waals surface area contributed by atoms with Crippen LogP contribution in [0.15, 0.2) is 72.1 Å². The lowest BCUT2D eigenvalue weighted by Gasteiger charge is -2.30. The van der Waals surface area contributed by atoms with E-state index in [1.54, 1.807) is 9.69 Å². The molecule has 0 spiro atoms. The second-order valence-corrected chi connectivity index (χ2v) is 7.62. The number of nitrogens with zero attached hydrogens (tertiary/aromatic N) is 5. The van der Waals surface area contributed by atoms with Crippen LogP contribution in [-0.2, 0) is 22.7 Å². The first-order chi connectivity index (χ1) is 15.6. The van der Waals surface area contributed by atoms with Gasteiger partial charge in [0, 0.05) is 25.2 Å². The number of aromatic nitrogens is 4. The molecule has 0 fully saturated rings. The van der Waals surface area contributed by atoms with Gasteiger partial charge in [0.15, 0.2) is 0 Å². The van der Waals surface area contributed by atoms with Crippen LogP contribution in [-0.4, -0.2) is 43.6 Å². The standard InChI is InChI=1S/C23H25N7O2/c1-17-11-12-29(26-14-18-7-3-2-4-8-18)23(32)20(17)13-22(31)24-15-19-9-5-6-10-21(19)30-16-25-27-28-30/h2-10,16,26H,11-15H2,1H3,(H,24,31). The predicted octanol–water partition coefficient (Wildman–Crippen LogP) is 1.92. The molecule has 9 nitrogen and oxygen atoms in total. The molecule has 0 aliphatic carbocycles. The fraction of sp³-hybridized carbons (Fsp3) is 0.261. The molecule has 0 saturated heterocycles. The Morgan fingerprint density at radius 1 is 1.06 bits per heavy atom. The number of hydrogen-bond donors (Lipinski definition) is 2. The molecule has 9 heteroatoms. The molecule has 1 aliphatic heterocycles. The summed E-state index contributed by atoms with van der Waals surface area (Å²) < 4.78 is 1.55. The first-order valence-corrected chi connectivity index (χ1v) is 10.5. The van der Waals surface area contributed by atoms with Crippen molar-refractivity contribution in [3.05, 3.63) is 83.2 Å². The highest BCUT2D eigenvalue weighted by molar-refractivity contribution is 5.99. The van der Waals surface area contributed by atoms with Crippen LogP contribution in [0.1, 0.15) is 30.9 Å². The topological polar surface area (TPSA) is 105 Å². The average Bonchev–Trinajstić information content (AvgIpc) is 3.36. The average molecular weight is 432 g/mol. The van der Waals surface area contributed by atoms with E-state index in [1.807, 2.05) is 61.5 Å². The van der Waals surface area contributed by atoms with E-state index in [9.17, 15) is 9.59 Å². The van der Waals surface area contributed by atoms with Gasteiger partial charge in [0.25, 0.3) is 5.91 Å². The number of amides is 2. The molecule has 0 bridgehead atoms. The Bertz CT molecular complexity index is 1110. The number of tetrazole rings is 1. The largest absolute Gasteiger partial charge is 0.352 e. The molecule has 1 aromatic heterocycles. The molecule has 2 heterocycles. The van der Waals surface area contributed by atoms with Gasteiger partial charge in [0.05, 0.1) is 12.1 Å². The summed E-state index contributed by atoms with van der Waals surface area (Å²) in [7, 11) is 0. The number of hydrazine groups is 1. The quantitative estimate of drug-likeness (QED) is 0.565. The summed E-state index contributed by atoms with van der Waals surface area (Å²) in [5, 5.41) is 15.8. The van der Waals surface area contributed by atoms with Crippen molar-refractivity contribution in [3.8, 4) is 5.69 Å². The van der Waals surface area contributed by atoms with E-state index in [0.29, 0.717) is 25.2 Å². The van der Waals surface area contributed by atoms with E-state index in [0.717, 1.165) is 28.8 Å². The Kier molecular flexibility index (Phi) is 6.66. The lowest BCUT2D eigenvalue weighted by Crippen LogP contribution is -2.46. The minimum atomic E-state index is -0.205. The summed E-state index contributed by atoms with van der Waals surface area (Å²) in [6, 6.07) is 17.5. The number of rotatable bonds is 8. The van der Waals surface area contributed by atoms with Crippen LogP contribution >= 0.6 is 0 Å². The zero-order valence-electron chi connectivity index (χ0n) is 17.9. The number of carbonyl (C=O) groups is 2. The van der Waals surface area contributed by atoms with Gasteiger partial charge in [-0.15, -0.1) is 5.10 Å². The monoisotopic (exact) mass is 431 g/mol. The summed E-state index contributed by atoms with van der Waals surface area (Å²) in [6.07, 6.45) is 2.28. The van der Waals surface area contributed by atoms with Gasteiger partial charge >= 0.3 is 0 Å².